The van der Waals surface area contributed by atoms with Gasteiger partial charge in [-0.15, -0.1) is 0 Å². The van der Waals surface area contributed by atoms with Gasteiger partial charge < -0.3 is 14.1 Å². The molecule has 170 valence electrons. The van der Waals surface area contributed by atoms with Crippen molar-refractivity contribution < 1.29 is 27.1 Å². The Morgan fingerprint density at radius 2 is 2.09 bits per heavy atom. The van der Waals surface area contributed by atoms with Crippen LogP contribution in [0.1, 0.15) is 51.4 Å². The Hall–Kier alpha value is -3.30. The van der Waals surface area contributed by atoms with Gasteiger partial charge in [0.25, 0.3) is 5.91 Å². The quantitative estimate of drug-likeness (QED) is 0.608. The number of aromatic nitrogens is 3. The summed E-state index contributed by atoms with van der Waals surface area (Å²) in [5.41, 5.74) is 1.36. The molecule has 4 rings (SSSR count). The summed E-state index contributed by atoms with van der Waals surface area (Å²) in [6.45, 7) is 4.62. The van der Waals surface area contributed by atoms with E-state index in [1.165, 1.54) is 18.2 Å². The van der Waals surface area contributed by atoms with E-state index < -0.39 is 11.7 Å². The lowest BCUT2D eigenvalue weighted by Gasteiger charge is -2.14. The number of alkyl halides is 3. The van der Waals surface area contributed by atoms with Crippen LogP contribution in [0.2, 0.25) is 0 Å². The molecular formula is C22H23F3N4O3. The number of H-pyrrole nitrogens is 1. The van der Waals surface area contributed by atoms with Gasteiger partial charge in [0.15, 0.2) is 5.89 Å². The maximum Gasteiger partial charge on any atom is 0.419 e. The number of benzene rings is 1. The van der Waals surface area contributed by atoms with Crippen LogP contribution in [0.25, 0.3) is 0 Å². The second-order valence-electron chi connectivity index (χ2n) is 7.79. The van der Waals surface area contributed by atoms with Crippen molar-refractivity contribution in [2.75, 3.05) is 19.7 Å². The highest BCUT2D eigenvalue weighted by molar-refractivity contribution is 5.92. The van der Waals surface area contributed by atoms with E-state index >= 15 is 0 Å². The summed E-state index contributed by atoms with van der Waals surface area (Å²) in [5.74, 6) is 0.418. The Morgan fingerprint density at radius 1 is 1.31 bits per heavy atom. The van der Waals surface area contributed by atoms with E-state index in [4.69, 9.17) is 9.15 Å². The lowest BCUT2D eigenvalue weighted by Crippen LogP contribution is -2.28. The van der Waals surface area contributed by atoms with Crippen LogP contribution in [-0.2, 0) is 12.6 Å². The molecule has 7 nitrogen and oxygen atoms in total. The second-order valence-corrected chi connectivity index (χ2v) is 7.79. The number of nitrogens with zero attached hydrogens (tertiary/aromatic N) is 3. The van der Waals surface area contributed by atoms with E-state index in [0.29, 0.717) is 31.1 Å². The van der Waals surface area contributed by atoms with Gasteiger partial charge in [-0.2, -0.15) is 18.3 Å². The molecule has 1 N–H and O–H groups in total. The van der Waals surface area contributed by atoms with E-state index in [9.17, 15) is 18.0 Å². The minimum atomic E-state index is -4.47. The minimum absolute atomic E-state index is 0.0696. The Kier molecular flexibility index (Phi) is 5.94. The van der Waals surface area contributed by atoms with E-state index in [1.807, 2.05) is 6.07 Å². The topological polar surface area (TPSA) is 84.3 Å². The molecule has 1 aliphatic heterocycles. The normalized spacial score (nSPS) is 16.5. The zero-order valence-electron chi connectivity index (χ0n) is 17.7. The van der Waals surface area contributed by atoms with Crippen LogP contribution in [0.3, 0.4) is 0 Å². The van der Waals surface area contributed by atoms with Crippen molar-refractivity contribution in [1.29, 1.82) is 0 Å². The molecule has 1 aromatic carbocycles. The zero-order valence-corrected chi connectivity index (χ0v) is 17.7. The Morgan fingerprint density at radius 3 is 2.81 bits per heavy atom. The third kappa shape index (κ3) is 4.63. The van der Waals surface area contributed by atoms with E-state index in [1.54, 1.807) is 18.7 Å². The molecule has 0 aliphatic carbocycles. The first-order valence-corrected chi connectivity index (χ1v) is 10.3. The van der Waals surface area contributed by atoms with Crippen molar-refractivity contribution in [1.82, 2.24) is 20.1 Å². The molecule has 3 heterocycles. The first-order valence-electron chi connectivity index (χ1n) is 10.3. The van der Waals surface area contributed by atoms with E-state index in [-0.39, 0.29) is 29.9 Å². The van der Waals surface area contributed by atoms with Crippen molar-refractivity contribution in [2.45, 2.75) is 38.8 Å². The van der Waals surface area contributed by atoms with Crippen LogP contribution >= 0.6 is 0 Å². The number of nitrogens with one attached hydrogen (secondary N) is 1. The fourth-order valence-electron chi connectivity index (χ4n) is 3.87. The van der Waals surface area contributed by atoms with Crippen LogP contribution < -0.4 is 4.74 Å². The summed E-state index contributed by atoms with van der Waals surface area (Å²) < 4.78 is 50.0. The molecule has 1 amide bonds. The number of aryl methyl sites for hydroxylation is 2. The number of hydrogen-bond acceptors (Lipinski definition) is 5. The number of ether oxygens (including phenoxy) is 1. The smallest absolute Gasteiger partial charge is 0.419 e. The lowest BCUT2D eigenvalue weighted by atomic mass is 10.0. The molecule has 0 saturated carbocycles. The molecule has 32 heavy (non-hydrogen) atoms. The van der Waals surface area contributed by atoms with Gasteiger partial charge in [0.05, 0.1) is 23.6 Å². The molecule has 10 heteroatoms. The Labute approximate surface area is 182 Å². The third-order valence-electron chi connectivity index (χ3n) is 5.46. The number of aromatic amines is 1. The van der Waals surface area contributed by atoms with Gasteiger partial charge in [-0.25, -0.2) is 4.98 Å². The fourth-order valence-corrected chi connectivity index (χ4v) is 3.87. The highest BCUT2D eigenvalue weighted by Crippen LogP contribution is 2.36. The number of amides is 1. The average Bonchev–Trinajstić information content (AvgIpc) is 3.47. The number of carbonyl (C=O) groups is 1. The van der Waals surface area contributed by atoms with Gasteiger partial charge in [0, 0.05) is 38.0 Å². The first kappa shape index (κ1) is 21.9. The highest BCUT2D eigenvalue weighted by Gasteiger charge is 2.34. The maximum absolute atomic E-state index is 13.1. The lowest BCUT2D eigenvalue weighted by molar-refractivity contribution is -0.138. The molecule has 1 saturated heterocycles. The number of para-hydroxylation sites is 1. The molecule has 0 unspecified atom stereocenters. The zero-order chi connectivity index (χ0) is 22.9. The van der Waals surface area contributed by atoms with Crippen LogP contribution in [0.15, 0.2) is 34.7 Å². The van der Waals surface area contributed by atoms with Crippen molar-refractivity contribution >= 4 is 5.91 Å². The first-order chi connectivity index (χ1) is 15.2. The van der Waals surface area contributed by atoms with Gasteiger partial charge in [0.2, 0.25) is 5.76 Å². The summed E-state index contributed by atoms with van der Waals surface area (Å²) in [6.07, 6.45) is -3.32. The second kappa shape index (κ2) is 8.68. The minimum Gasteiger partial charge on any atom is -0.493 e. The van der Waals surface area contributed by atoms with Gasteiger partial charge in [0.1, 0.15) is 5.75 Å². The number of halogens is 3. The van der Waals surface area contributed by atoms with Gasteiger partial charge in [-0.1, -0.05) is 12.1 Å². The summed E-state index contributed by atoms with van der Waals surface area (Å²) in [4.78, 5) is 18.6. The highest BCUT2D eigenvalue weighted by atomic mass is 19.4. The molecule has 1 aliphatic rings. The summed E-state index contributed by atoms with van der Waals surface area (Å²) in [5, 5.41) is 7.25. The van der Waals surface area contributed by atoms with Gasteiger partial charge in [-0.3, -0.25) is 9.89 Å². The predicted octanol–water partition coefficient (Wildman–Crippen LogP) is 4.28. The number of rotatable bonds is 6. The molecule has 1 atom stereocenters. The standard InChI is InChI=1S/C22H23F3N4O3/c1-13-20(32-14(2)26-13)21(30)29-9-7-15(12-29)18-11-16(27-28-18)8-10-31-19-6-4-3-5-17(19)22(23,24)25/h3-6,11,15H,7-10,12H2,1-2H3,(H,27,28)/t15-/m0/s1. The molecule has 0 bridgehead atoms. The van der Waals surface area contributed by atoms with Crippen LogP contribution in [0.5, 0.6) is 5.75 Å². The van der Waals surface area contributed by atoms with Gasteiger partial charge in [-0.05, 0) is 31.5 Å². The van der Waals surface area contributed by atoms with E-state index in [0.717, 1.165) is 23.9 Å². The number of likely N-dealkylation sites (tertiary alicyclic amines) is 1. The number of hydrogen-bond donors (Lipinski definition) is 1. The Balaban J connectivity index is 1.33. The van der Waals surface area contributed by atoms with Crippen molar-refractivity contribution in [3.8, 4) is 5.75 Å². The SMILES string of the molecule is Cc1nc(C)c(C(=O)N2CC[C@H](c3cc(CCOc4ccccc4C(F)(F)F)[nH]n3)C2)o1. The predicted molar refractivity (Wildman–Crippen MR) is 108 cm³/mol. The summed E-state index contributed by atoms with van der Waals surface area (Å²) in [7, 11) is 0. The average molecular weight is 448 g/mol. The Bertz CT molecular complexity index is 1110. The maximum atomic E-state index is 13.1. The van der Waals surface area contributed by atoms with Crippen molar-refractivity contribution in [2.24, 2.45) is 0 Å². The van der Waals surface area contributed by atoms with Crippen molar-refractivity contribution in [3.63, 3.8) is 0 Å². The van der Waals surface area contributed by atoms with Crippen LogP contribution in [-0.4, -0.2) is 45.7 Å². The molecular weight excluding hydrogens is 425 g/mol. The van der Waals surface area contributed by atoms with Crippen LogP contribution in [0.4, 0.5) is 13.2 Å². The summed E-state index contributed by atoms with van der Waals surface area (Å²) in [6, 6.07) is 7.02. The molecule has 2 aromatic heterocycles. The fraction of sp³-hybridized carbons (Fsp3) is 0.409. The van der Waals surface area contributed by atoms with E-state index in [2.05, 4.69) is 15.2 Å². The third-order valence-corrected chi connectivity index (χ3v) is 5.46. The van der Waals surface area contributed by atoms with Gasteiger partial charge >= 0.3 is 6.18 Å². The van der Waals surface area contributed by atoms with Crippen LogP contribution in [0, 0.1) is 13.8 Å². The molecule has 0 radical (unpaired) electrons. The summed E-state index contributed by atoms with van der Waals surface area (Å²) >= 11 is 0. The molecule has 3 aromatic rings. The number of carbonyl (C=O) groups excluding carboxylic acids is 1. The largest absolute Gasteiger partial charge is 0.493 e. The number of oxazole rings is 1. The molecule has 0 spiro atoms. The van der Waals surface area contributed by atoms with Crippen molar-refractivity contribution in [3.05, 3.63) is 64.6 Å². The monoisotopic (exact) mass is 448 g/mol. The molecule has 1 fully saturated rings.